The first kappa shape index (κ1) is 23.0. The molecule has 0 bridgehead atoms. The average Bonchev–Trinajstić information content (AvgIpc) is 2.63. The summed E-state index contributed by atoms with van der Waals surface area (Å²) in [7, 11) is 0. The molecule has 3 rings (SSSR count). The van der Waals surface area contributed by atoms with Crippen molar-refractivity contribution in [2.45, 2.75) is 77.7 Å². The third-order valence-corrected chi connectivity index (χ3v) is 5.75. The fraction of sp³-hybridized carbons (Fsp3) is 0.591. The number of aryl methyl sites for hydroxylation is 1. The van der Waals surface area contributed by atoms with Crippen molar-refractivity contribution in [1.82, 2.24) is 0 Å². The Morgan fingerprint density at radius 3 is 2.70 bits per heavy atom. The van der Waals surface area contributed by atoms with Gasteiger partial charge in [-0.05, 0) is 64.2 Å². The molecule has 1 aliphatic heterocycles. The molecule has 0 saturated carbocycles. The van der Waals surface area contributed by atoms with Crippen molar-refractivity contribution in [3.8, 4) is 11.5 Å². The Morgan fingerprint density at radius 1 is 1.30 bits per heavy atom. The van der Waals surface area contributed by atoms with E-state index in [-0.39, 0.29) is 11.5 Å². The monoisotopic (exact) mass is 596 g/mol. The van der Waals surface area contributed by atoms with E-state index in [4.69, 9.17) is 9.47 Å². The van der Waals surface area contributed by atoms with Crippen molar-refractivity contribution in [3.05, 3.63) is 34.9 Å². The number of unbranched alkanes of at least 4 members (excludes halogenated alkanes) is 2. The summed E-state index contributed by atoms with van der Waals surface area (Å²) in [6.45, 7) is 9.31. The van der Waals surface area contributed by atoms with Crippen LogP contribution in [0.25, 0.3) is 0 Å². The lowest BCUT2D eigenvalue weighted by molar-refractivity contribution is -0.120. The fourth-order valence-corrected chi connectivity index (χ4v) is 4.43. The Kier molecular flexibility index (Phi) is 8.90. The number of hydrogen-bond donors (Lipinski definition) is 0. The zero-order chi connectivity index (χ0) is 20.0. The van der Waals surface area contributed by atoms with E-state index < -0.39 is 0 Å². The molecule has 0 spiro atoms. The van der Waals surface area contributed by atoms with Gasteiger partial charge in [-0.25, -0.2) is 0 Å². The molecule has 0 saturated heterocycles. The van der Waals surface area contributed by atoms with E-state index in [0.29, 0.717) is 18.1 Å². The zero-order valence-electron chi connectivity index (χ0n) is 16.7. The number of carbonyl (C=O) groups is 1. The zero-order valence-corrected chi connectivity index (χ0v) is 21.0. The maximum atomic E-state index is 11.1. The lowest BCUT2D eigenvalue weighted by Crippen LogP contribution is -2.45. The normalized spacial score (nSPS) is 22.2. The van der Waals surface area contributed by atoms with Gasteiger partial charge in [-0.2, -0.15) is 0 Å². The van der Waals surface area contributed by atoms with Crippen LogP contribution in [0.3, 0.4) is 0 Å². The molecule has 2 atom stereocenters. The van der Waals surface area contributed by atoms with E-state index in [2.05, 4.69) is 77.1 Å². The molecule has 0 fully saturated rings. The van der Waals surface area contributed by atoms with E-state index in [9.17, 15) is 4.79 Å². The van der Waals surface area contributed by atoms with Crippen LogP contribution in [0.2, 0.25) is 0 Å². The van der Waals surface area contributed by atoms with Crippen molar-refractivity contribution >= 4 is 43.7 Å². The summed E-state index contributed by atoms with van der Waals surface area (Å²) in [5, 5.41) is 0. The van der Waals surface area contributed by atoms with Crippen molar-refractivity contribution in [1.29, 1.82) is 0 Å². The Bertz CT molecular complexity index is 682. The van der Waals surface area contributed by atoms with Gasteiger partial charge >= 0.3 is 0 Å². The van der Waals surface area contributed by atoms with Crippen molar-refractivity contribution in [2.24, 2.45) is 5.92 Å². The highest BCUT2D eigenvalue weighted by Gasteiger charge is 2.45. The van der Waals surface area contributed by atoms with Crippen LogP contribution in [0.15, 0.2) is 23.8 Å². The lowest BCUT2D eigenvalue weighted by atomic mass is 9.68. The summed E-state index contributed by atoms with van der Waals surface area (Å²) in [4.78, 5) is 11.1. The van der Waals surface area contributed by atoms with Gasteiger partial charge in [-0.15, -0.1) is 0 Å². The second-order valence-corrected chi connectivity index (χ2v) is 8.07. The minimum atomic E-state index is -0.213. The average molecular weight is 596 g/mol. The molecular formula is C22H30I2O3. The van der Waals surface area contributed by atoms with Gasteiger partial charge in [0.25, 0.3) is 6.47 Å². The van der Waals surface area contributed by atoms with Gasteiger partial charge in [0.2, 0.25) is 0 Å². The number of carbonyl (C=O) groups excluding carboxylic acids is 1. The summed E-state index contributed by atoms with van der Waals surface area (Å²) in [5.41, 5.74) is 3.44. The van der Waals surface area contributed by atoms with E-state index in [1.807, 2.05) is 6.07 Å². The maximum Gasteiger partial charge on any atom is 0.298 e. The summed E-state index contributed by atoms with van der Waals surface area (Å²) in [5.74, 6) is 2.23. The molecule has 0 radical (unpaired) electrons. The summed E-state index contributed by atoms with van der Waals surface area (Å²) in [6, 6.07) is 4.21. The van der Waals surface area contributed by atoms with Crippen LogP contribution in [0, 0.1) is 5.92 Å². The first-order chi connectivity index (χ1) is 13.0. The van der Waals surface area contributed by atoms with Gasteiger partial charge < -0.3 is 9.47 Å². The minimum Gasteiger partial charge on any atom is -0.487 e. The highest BCUT2D eigenvalue weighted by atomic mass is 128. The molecule has 150 valence electrons. The maximum absolute atomic E-state index is 11.1. The Balaban J connectivity index is 0.00000126. The number of fused-ring (bicyclic) bond motifs is 3. The topological polar surface area (TPSA) is 35.5 Å². The van der Waals surface area contributed by atoms with Crippen LogP contribution < -0.4 is 9.47 Å². The van der Waals surface area contributed by atoms with Gasteiger partial charge in [0, 0.05) is 54.6 Å². The van der Waals surface area contributed by atoms with Gasteiger partial charge in [-0.1, -0.05) is 31.4 Å². The summed E-state index contributed by atoms with van der Waals surface area (Å²) < 4.78 is 11.8. The molecule has 1 heterocycles. The highest BCUT2D eigenvalue weighted by molar-refractivity contribution is 15.0. The molecule has 0 aromatic heterocycles. The molecule has 5 heteroatoms. The largest absolute Gasteiger partial charge is 0.487 e. The third kappa shape index (κ3) is 5.40. The van der Waals surface area contributed by atoms with Gasteiger partial charge in [-0.3, -0.25) is 4.79 Å². The Labute approximate surface area is 187 Å². The van der Waals surface area contributed by atoms with E-state index in [1.165, 1.54) is 24.0 Å². The molecule has 0 amide bonds. The van der Waals surface area contributed by atoms with E-state index >= 15 is 0 Å². The minimum absolute atomic E-state index is 0.213. The third-order valence-electron chi connectivity index (χ3n) is 5.75. The Hall–Kier alpha value is -0.310. The SMILES string of the molecule is CCCCCc1cc(OC=O)c2c(c1)OC(C)(C)[C@H]1CCC(C)=CC21.II. The molecule has 1 aromatic carbocycles. The van der Waals surface area contributed by atoms with E-state index in [1.54, 1.807) is 0 Å². The van der Waals surface area contributed by atoms with Crippen LogP contribution >= 0.6 is 37.2 Å². The molecule has 1 aromatic rings. The van der Waals surface area contributed by atoms with Crippen molar-refractivity contribution in [2.75, 3.05) is 0 Å². The second kappa shape index (κ2) is 10.5. The predicted octanol–water partition coefficient (Wildman–Crippen LogP) is 7.34. The van der Waals surface area contributed by atoms with Gasteiger partial charge in [0.1, 0.15) is 17.1 Å². The number of hydrogen-bond acceptors (Lipinski definition) is 3. The van der Waals surface area contributed by atoms with Crippen LogP contribution in [0.4, 0.5) is 0 Å². The molecule has 1 aliphatic carbocycles. The number of allylic oxidation sites excluding steroid dienone is 2. The van der Waals surface area contributed by atoms with Crippen LogP contribution in [-0.4, -0.2) is 12.1 Å². The summed E-state index contributed by atoms with van der Waals surface area (Å²) >= 11 is 4.24. The summed E-state index contributed by atoms with van der Waals surface area (Å²) in [6.07, 6.45) is 9.11. The smallest absolute Gasteiger partial charge is 0.298 e. The first-order valence-corrected chi connectivity index (χ1v) is 16.0. The first-order valence-electron chi connectivity index (χ1n) is 9.74. The molecule has 27 heavy (non-hydrogen) atoms. The number of benzene rings is 1. The van der Waals surface area contributed by atoms with Gasteiger partial charge in [0.05, 0.1) is 0 Å². The molecule has 0 N–H and O–H groups in total. The van der Waals surface area contributed by atoms with Crippen LogP contribution in [0.1, 0.15) is 76.8 Å². The Morgan fingerprint density at radius 2 is 2.04 bits per heavy atom. The van der Waals surface area contributed by atoms with Gasteiger partial charge in [0.15, 0.2) is 0 Å². The quantitative estimate of drug-likeness (QED) is 0.149. The second-order valence-electron chi connectivity index (χ2n) is 8.07. The number of rotatable bonds is 6. The van der Waals surface area contributed by atoms with Crippen LogP contribution in [-0.2, 0) is 11.2 Å². The highest BCUT2D eigenvalue weighted by Crippen LogP contribution is 2.53. The molecular weight excluding hydrogens is 566 g/mol. The van der Waals surface area contributed by atoms with Crippen LogP contribution in [0.5, 0.6) is 11.5 Å². The fourth-order valence-electron chi connectivity index (χ4n) is 4.43. The molecule has 3 nitrogen and oxygen atoms in total. The number of ether oxygens (including phenoxy) is 2. The van der Waals surface area contributed by atoms with E-state index in [0.717, 1.165) is 37.0 Å². The predicted molar refractivity (Wildman–Crippen MR) is 128 cm³/mol. The standard InChI is InChI=1S/C22H30O3.I2/c1-5-6-7-8-16-12-19(24-14-23)21-17-11-15(2)9-10-18(17)22(3,4)25-20(21)13-16;1-2/h11-14,17-18H,5-10H2,1-4H3;/t17?,18-;/m0./s1. The molecule has 2 aliphatic rings. The number of halogens is 2. The lowest BCUT2D eigenvalue weighted by Gasteiger charge is -2.46. The van der Waals surface area contributed by atoms with Crippen molar-refractivity contribution < 1.29 is 14.3 Å². The van der Waals surface area contributed by atoms with Crippen molar-refractivity contribution in [3.63, 3.8) is 0 Å². The molecule has 1 unspecified atom stereocenters.